The summed E-state index contributed by atoms with van der Waals surface area (Å²) in [5.41, 5.74) is -0.347. The van der Waals surface area contributed by atoms with Gasteiger partial charge in [-0.2, -0.15) is 5.26 Å². The summed E-state index contributed by atoms with van der Waals surface area (Å²) >= 11 is 3.34. The largest absolute Gasteiger partial charge is 0.496 e. The van der Waals surface area contributed by atoms with E-state index in [1.54, 1.807) is 25.3 Å². The normalized spacial score (nSPS) is 17.1. The first-order valence-electron chi connectivity index (χ1n) is 6.25. The van der Waals surface area contributed by atoms with Gasteiger partial charge in [-0.15, -0.1) is 0 Å². The van der Waals surface area contributed by atoms with Crippen LogP contribution in [0, 0.1) is 11.3 Å². The van der Waals surface area contributed by atoms with Crippen LogP contribution < -0.4 is 10.1 Å². The van der Waals surface area contributed by atoms with Gasteiger partial charge in [-0.1, -0.05) is 0 Å². The Morgan fingerprint density at radius 2 is 2.20 bits per heavy atom. The Morgan fingerprint density at radius 1 is 1.50 bits per heavy atom. The van der Waals surface area contributed by atoms with Crippen molar-refractivity contribution >= 4 is 21.8 Å². The van der Waals surface area contributed by atoms with Gasteiger partial charge in [0, 0.05) is 31.6 Å². The van der Waals surface area contributed by atoms with Gasteiger partial charge < -0.3 is 14.8 Å². The highest BCUT2D eigenvalue weighted by Gasteiger charge is 2.34. The lowest BCUT2D eigenvalue weighted by Gasteiger charge is -2.31. The quantitative estimate of drug-likeness (QED) is 0.917. The van der Waals surface area contributed by atoms with Crippen molar-refractivity contribution in [3.63, 3.8) is 0 Å². The van der Waals surface area contributed by atoms with Crippen molar-refractivity contribution in [3.05, 3.63) is 28.2 Å². The van der Waals surface area contributed by atoms with E-state index in [4.69, 9.17) is 9.47 Å². The topological polar surface area (TPSA) is 71.3 Å². The Bertz CT molecular complexity index is 548. The number of hydrogen-bond acceptors (Lipinski definition) is 4. The van der Waals surface area contributed by atoms with Crippen LogP contribution in [0.4, 0.5) is 0 Å². The summed E-state index contributed by atoms with van der Waals surface area (Å²) in [5.74, 6) is 0.388. The summed E-state index contributed by atoms with van der Waals surface area (Å²) in [6.45, 7) is 0.973. The highest BCUT2D eigenvalue weighted by atomic mass is 79.9. The number of halogens is 1. The van der Waals surface area contributed by atoms with E-state index in [0.29, 0.717) is 41.8 Å². The van der Waals surface area contributed by atoms with Crippen LogP contribution in [0.25, 0.3) is 0 Å². The average Bonchev–Trinajstić information content (AvgIpc) is 2.48. The second kappa shape index (κ2) is 6.25. The van der Waals surface area contributed by atoms with Gasteiger partial charge in [0.25, 0.3) is 5.91 Å². The summed E-state index contributed by atoms with van der Waals surface area (Å²) < 4.78 is 11.1. The lowest BCUT2D eigenvalue weighted by molar-refractivity contribution is 0.0531. The number of methoxy groups -OCH3 is 1. The van der Waals surface area contributed by atoms with Crippen molar-refractivity contribution in [2.24, 2.45) is 0 Å². The Labute approximate surface area is 126 Å². The van der Waals surface area contributed by atoms with Gasteiger partial charge in [0.2, 0.25) is 0 Å². The molecule has 1 fully saturated rings. The number of amides is 1. The van der Waals surface area contributed by atoms with E-state index in [1.807, 2.05) is 0 Å². The van der Waals surface area contributed by atoms with E-state index in [1.165, 1.54) is 0 Å². The molecule has 1 saturated heterocycles. The van der Waals surface area contributed by atoms with Gasteiger partial charge in [0.1, 0.15) is 11.3 Å². The van der Waals surface area contributed by atoms with E-state index in [-0.39, 0.29) is 5.91 Å². The summed E-state index contributed by atoms with van der Waals surface area (Å²) in [5, 5.41) is 12.1. The second-order valence-corrected chi connectivity index (χ2v) is 5.46. The monoisotopic (exact) mass is 338 g/mol. The van der Waals surface area contributed by atoms with E-state index < -0.39 is 5.54 Å². The van der Waals surface area contributed by atoms with Gasteiger partial charge in [-0.05, 0) is 34.1 Å². The fourth-order valence-corrected chi connectivity index (χ4v) is 2.62. The van der Waals surface area contributed by atoms with Crippen molar-refractivity contribution < 1.29 is 14.3 Å². The number of nitrogens with one attached hydrogen (secondary N) is 1. The Hall–Kier alpha value is -1.58. The standard InChI is InChI=1S/C14H15BrN2O3/c1-19-12-3-2-10(8-11(12)15)13(18)17-14(9-16)4-6-20-7-5-14/h2-3,8H,4-7H2,1H3,(H,17,18). The van der Waals surface area contributed by atoms with Crippen LogP contribution in [0.1, 0.15) is 23.2 Å². The number of nitrogens with zero attached hydrogens (tertiary/aromatic N) is 1. The molecule has 5 nitrogen and oxygen atoms in total. The molecule has 20 heavy (non-hydrogen) atoms. The molecule has 0 spiro atoms. The third-order valence-electron chi connectivity index (χ3n) is 3.33. The molecule has 6 heteroatoms. The number of rotatable bonds is 3. The van der Waals surface area contributed by atoms with E-state index >= 15 is 0 Å². The molecule has 106 valence electrons. The Morgan fingerprint density at radius 3 is 2.75 bits per heavy atom. The first-order valence-corrected chi connectivity index (χ1v) is 7.04. The molecule has 1 amide bonds. The van der Waals surface area contributed by atoms with Gasteiger partial charge in [-0.25, -0.2) is 0 Å². The molecule has 1 aliphatic rings. The summed E-state index contributed by atoms with van der Waals surface area (Å²) in [4.78, 5) is 12.3. The summed E-state index contributed by atoms with van der Waals surface area (Å²) in [6, 6.07) is 7.27. The highest BCUT2D eigenvalue weighted by molar-refractivity contribution is 9.10. The number of carbonyl (C=O) groups excluding carboxylic acids is 1. The molecule has 0 radical (unpaired) electrons. The molecule has 1 aliphatic heterocycles. The molecule has 0 aromatic heterocycles. The van der Waals surface area contributed by atoms with Crippen molar-refractivity contribution in [1.29, 1.82) is 5.26 Å². The number of benzene rings is 1. The maximum Gasteiger partial charge on any atom is 0.252 e. The molecule has 0 atom stereocenters. The number of ether oxygens (including phenoxy) is 2. The predicted molar refractivity (Wildman–Crippen MR) is 76.6 cm³/mol. The summed E-state index contributed by atoms with van der Waals surface area (Å²) in [6.07, 6.45) is 1.01. The molecule has 1 aromatic carbocycles. The Balaban J connectivity index is 2.15. The average molecular weight is 339 g/mol. The minimum atomic E-state index is -0.832. The van der Waals surface area contributed by atoms with Crippen LogP contribution in [0.2, 0.25) is 0 Å². The van der Waals surface area contributed by atoms with Crippen molar-refractivity contribution in [2.75, 3.05) is 20.3 Å². The van der Waals surface area contributed by atoms with Crippen LogP contribution in [0.5, 0.6) is 5.75 Å². The molecular formula is C14H15BrN2O3. The SMILES string of the molecule is COc1ccc(C(=O)NC2(C#N)CCOCC2)cc1Br. The first-order chi connectivity index (χ1) is 9.60. The maximum absolute atomic E-state index is 12.3. The number of carbonyl (C=O) groups is 1. The molecule has 0 aliphatic carbocycles. The van der Waals surface area contributed by atoms with Gasteiger partial charge in [-0.3, -0.25) is 4.79 Å². The minimum absolute atomic E-state index is 0.267. The lowest BCUT2D eigenvalue weighted by atomic mass is 9.91. The van der Waals surface area contributed by atoms with E-state index in [0.717, 1.165) is 0 Å². The van der Waals surface area contributed by atoms with E-state index in [9.17, 15) is 10.1 Å². The summed E-state index contributed by atoms with van der Waals surface area (Å²) in [7, 11) is 1.56. The Kier molecular flexibility index (Phi) is 4.63. The lowest BCUT2D eigenvalue weighted by Crippen LogP contribution is -2.50. The fraction of sp³-hybridized carbons (Fsp3) is 0.429. The fourth-order valence-electron chi connectivity index (χ4n) is 2.08. The molecule has 2 rings (SSSR count). The van der Waals surface area contributed by atoms with Crippen LogP contribution in [0.3, 0.4) is 0 Å². The maximum atomic E-state index is 12.3. The van der Waals surface area contributed by atoms with Crippen LogP contribution >= 0.6 is 15.9 Å². The number of nitriles is 1. The van der Waals surface area contributed by atoms with Gasteiger partial charge in [0.05, 0.1) is 17.7 Å². The van der Waals surface area contributed by atoms with Crippen LogP contribution in [-0.2, 0) is 4.74 Å². The minimum Gasteiger partial charge on any atom is -0.496 e. The molecule has 0 unspecified atom stereocenters. The van der Waals surface area contributed by atoms with E-state index in [2.05, 4.69) is 27.3 Å². The molecule has 0 bridgehead atoms. The van der Waals surface area contributed by atoms with Crippen LogP contribution in [-0.4, -0.2) is 31.8 Å². The zero-order chi connectivity index (χ0) is 14.6. The third kappa shape index (κ3) is 3.11. The molecule has 1 aromatic rings. The highest BCUT2D eigenvalue weighted by Crippen LogP contribution is 2.26. The molecular weight excluding hydrogens is 324 g/mol. The molecule has 1 N–H and O–H groups in total. The van der Waals surface area contributed by atoms with Crippen molar-refractivity contribution in [2.45, 2.75) is 18.4 Å². The van der Waals surface area contributed by atoms with Crippen molar-refractivity contribution in [1.82, 2.24) is 5.32 Å². The first kappa shape index (κ1) is 14.8. The van der Waals surface area contributed by atoms with Crippen LogP contribution in [0.15, 0.2) is 22.7 Å². The van der Waals surface area contributed by atoms with Gasteiger partial charge in [0.15, 0.2) is 0 Å². The number of hydrogen-bond donors (Lipinski definition) is 1. The van der Waals surface area contributed by atoms with Gasteiger partial charge >= 0.3 is 0 Å². The molecule has 0 saturated carbocycles. The molecule has 1 heterocycles. The zero-order valence-electron chi connectivity index (χ0n) is 11.1. The zero-order valence-corrected chi connectivity index (χ0v) is 12.7. The predicted octanol–water partition coefficient (Wildman–Crippen LogP) is 2.26. The van der Waals surface area contributed by atoms with Crippen molar-refractivity contribution in [3.8, 4) is 11.8 Å². The third-order valence-corrected chi connectivity index (χ3v) is 3.95. The smallest absolute Gasteiger partial charge is 0.252 e. The second-order valence-electron chi connectivity index (χ2n) is 4.61.